The molecule has 0 atom stereocenters. The maximum Gasteiger partial charge on any atom is 0.225 e. The van der Waals surface area contributed by atoms with Crippen molar-refractivity contribution in [3.8, 4) is 6.07 Å². The van der Waals surface area contributed by atoms with E-state index in [1.165, 1.54) is 0 Å². The van der Waals surface area contributed by atoms with E-state index in [2.05, 4.69) is 10.3 Å². The van der Waals surface area contributed by atoms with E-state index in [0.29, 0.717) is 0 Å². The van der Waals surface area contributed by atoms with Crippen LogP contribution in [0.1, 0.15) is 19.4 Å². The highest BCUT2D eigenvalue weighted by Crippen LogP contribution is 2.18. The maximum absolute atomic E-state index is 11.9. The van der Waals surface area contributed by atoms with Crippen molar-refractivity contribution < 1.29 is 4.79 Å². The number of hydrogen-bond acceptors (Lipinski definition) is 2. The van der Waals surface area contributed by atoms with Gasteiger partial charge in [0.25, 0.3) is 0 Å². The minimum atomic E-state index is -0.830. The van der Waals surface area contributed by atoms with Crippen LogP contribution in [0, 0.1) is 11.3 Å². The molecule has 1 aromatic heterocycles. The molecule has 0 aliphatic rings. The number of rotatable bonds is 3. The van der Waals surface area contributed by atoms with Gasteiger partial charge in [0.2, 0.25) is 5.91 Å². The molecule has 0 saturated carbocycles. The minimum absolute atomic E-state index is 0.147. The van der Waals surface area contributed by atoms with Crippen LogP contribution >= 0.6 is 0 Å². The lowest BCUT2D eigenvalue weighted by molar-refractivity contribution is -0.121. The van der Waals surface area contributed by atoms with E-state index in [-0.39, 0.29) is 12.3 Å². The normalized spacial score (nSPS) is 11.2. The highest BCUT2D eigenvalue weighted by atomic mass is 16.1. The van der Waals surface area contributed by atoms with Crippen molar-refractivity contribution in [3.05, 3.63) is 36.0 Å². The van der Waals surface area contributed by atoms with E-state index < -0.39 is 5.54 Å². The summed E-state index contributed by atoms with van der Waals surface area (Å²) in [4.78, 5) is 15.0. The Kier molecular flexibility index (Phi) is 3.07. The molecule has 92 valence electrons. The number of nitrogens with zero attached hydrogens (tertiary/aromatic N) is 1. The third-order valence-electron chi connectivity index (χ3n) is 2.76. The summed E-state index contributed by atoms with van der Waals surface area (Å²) in [6, 6.07) is 9.88. The van der Waals surface area contributed by atoms with Crippen LogP contribution in [-0.4, -0.2) is 16.4 Å². The molecule has 2 aromatic rings. The molecule has 1 amide bonds. The molecule has 4 nitrogen and oxygen atoms in total. The largest absolute Gasteiger partial charge is 0.361 e. The molecular formula is C14H15N3O. The van der Waals surface area contributed by atoms with Gasteiger partial charge in [0.15, 0.2) is 0 Å². The predicted octanol–water partition coefficient (Wildman–Crippen LogP) is 2.13. The van der Waals surface area contributed by atoms with Crippen molar-refractivity contribution in [3.63, 3.8) is 0 Å². The number of carbonyl (C=O) groups excluding carboxylic acids is 1. The zero-order valence-corrected chi connectivity index (χ0v) is 10.4. The van der Waals surface area contributed by atoms with E-state index >= 15 is 0 Å². The Hall–Kier alpha value is -2.28. The van der Waals surface area contributed by atoms with Gasteiger partial charge in [-0.05, 0) is 25.5 Å². The fraction of sp³-hybridized carbons (Fsp3) is 0.286. The Morgan fingerprint density at radius 1 is 1.44 bits per heavy atom. The first kappa shape index (κ1) is 12.2. The van der Waals surface area contributed by atoms with Crippen LogP contribution in [0.3, 0.4) is 0 Å². The number of fused-ring (bicyclic) bond motifs is 1. The summed E-state index contributed by atoms with van der Waals surface area (Å²) in [7, 11) is 0. The van der Waals surface area contributed by atoms with Crippen LogP contribution in [0.4, 0.5) is 0 Å². The molecule has 4 heteroatoms. The molecule has 2 rings (SSSR count). The number of para-hydroxylation sites is 1. The van der Waals surface area contributed by atoms with Gasteiger partial charge < -0.3 is 10.3 Å². The molecule has 0 fully saturated rings. The zero-order valence-electron chi connectivity index (χ0n) is 10.4. The van der Waals surface area contributed by atoms with E-state index in [0.717, 1.165) is 16.5 Å². The number of aromatic amines is 1. The molecule has 0 radical (unpaired) electrons. The van der Waals surface area contributed by atoms with Gasteiger partial charge in [-0.2, -0.15) is 5.26 Å². The standard InChI is InChI=1S/C14H15N3O/c1-14(2,9-15)17-13(18)7-10-8-16-12-6-4-3-5-11(10)12/h3-6,8,16H,7H2,1-2H3,(H,17,18). The molecule has 18 heavy (non-hydrogen) atoms. The molecule has 2 N–H and O–H groups in total. The van der Waals surface area contributed by atoms with Crippen LogP contribution in [0.5, 0.6) is 0 Å². The summed E-state index contributed by atoms with van der Waals surface area (Å²) in [6.07, 6.45) is 2.11. The number of nitriles is 1. The van der Waals surface area contributed by atoms with Gasteiger partial charge in [-0.15, -0.1) is 0 Å². The number of hydrogen-bond donors (Lipinski definition) is 2. The Morgan fingerprint density at radius 2 is 2.17 bits per heavy atom. The fourth-order valence-electron chi connectivity index (χ4n) is 1.87. The molecule has 0 unspecified atom stereocenters. The highest BCUT2D eigenvalue weighted by molar-refractivity contribution is 5.89. The van der Waals surface area contributed by atoms with Crippen LogP contribution in [-0.2, 0) is 11.2 Å². The molecule has 1 aromatic carbocycles. The van der Waals surface area contributed by atoms with Crippen molar-refractivity contribution in [1.29, 1.82) is 5.26 Å². The monoisotopic (exact) mass is 241 g/mol. The summed E-state index contributed by atoms with van der Waals surface area (Å²) in [5, 5.41) is 12.6. The lowest BCUT2D eigenvalue weighted by Crippen LogP contribution is -2.42. The lowest BCUT2D eigenvalue weighted by atomic mass is 10.1. The van der Waals surface area contributed by atoms with E-state index in [4.69, 9.17) is 5.26 Å². The number of nitrogens with one attached hydrogen (secondary N) is 2. The first-order valence-corrected chi connectivity index (χ1v) is 5.79. The zero-order chi connectivity index (χ0) is 13.2. The van der Waals surface area contributed by atoms with Crippen molar-refractivity contribution >= 4 is 16.8 Å². The van der Waals surface area contributed by atoms with Gasteiger partial charge in [0.1, 0.15) is 5.54 Å². The van der Waals surface area contributed by atoms with Crippen molar-refractivity contribution in [2.24, 2.45) is 0 Å². The average molecular weight is 241 g/mol. The Labute approximate surface area is 106 Å². The quantitative estimate of drug-likeness (QED) is 0.864. The Morgan fingerprint density at radius 3 is 2.89 bits per heavy atom. The smallest absolute Gasteiger partial charge is 0.225 e. The molecule has 0 aliphatic carbocycles. The summed E-state index contributed by atoms with van der Waals surface area (Å²) < 4.78 is 0. The van der Waals surface area contributed by atoms with Gasteiger partial charge in [0, 0.05) is 17.1 Å². The van der Waals surface area contributed by atoms with E-state index in [9.17, 15) is 4.79 Å². The van der Waals surface area contributed by atoms with Crippen LogP contribution in [0.15, 0.2) is 30.5 Å². The van der Waals surface area contributed by atoms with Crippen molar-refractivity contribution in [2.45, 2.75) is 25.8 Å². The number of H-pyrrole nitrogens is 1. The SMILES string of the molecule is CC(C)(C#N)NC(=O)Cc1c[nH]c2ccccc12. The van der Waals surface area contributed by atoms with Crippen molar-refractivity contribution in [2.75, 3.05) is 0 Å². The predicted molar refractivity (Wildman–Crippen MR) is 69.8 cm³/mol. The second kappa shape index (κ2) is 4.53. The highest BCUT2D eigenvalue weighted by Gasteiger charge is 2.19. The average Bonchev–Trinajstić information content (AvgIpc) is 2.72. The van der Waals surface area contributed by atoms with Crippen LogP contribution < -0.4 is 5.32 Å². The summed E-state index contributed by atoms with van der Waals surface area (Å²) in [5.74, 6) is -0.147. The van der Waals surface area contributed by atoms with E-state index in [1.807, 2.05) is 36.5 Å². The van der Waals surface area contributed by atoms with Crippen LogP contribution in [0.2, 0.25) is 0 Å². The second-order valence-corrected chi connectivity index (χ2v) is 4.82. The van der Waals surface area contributed by atoms with Crippen LogP contribution in [0.25, 0.3) is 10.9 Å². The molecule has 0 bridgehead atoms. The van der Waals surface area contributed by atoms with E-state index in [1.54, 1.807) is 13.8 Å². The molecule has 0 saturated heterocycles. The molecule has 0 aliphatic heterocycles. The van der Waals surface area contributed by atoms with Gasteiger partial charge >= 0.3 is 0 Å². The Balaban J connectivity index is 2.15. The topological polar surface area (TPSA) is 68.7 Å². The number of carbonyl (C=O) groups is 1. The maximum atomic E-state index is 11.9. The Bertz CT molecular complexity index is 619. The third kappa shape index (κ3) is 2.51. The summed E-state index contributed by atoms with van der Waals surface area (Å²) in [5.41, 5.74) is 1.13. The first-order valence-electron chi connectivity index (χ1n) is 5.79. The van der Waals surface area contributed by atoms with Gasteiger partial charge in [0.05, 0.1) is 12.5 Å². The van der Waals surface area contributed by atoms with Gasteiger partial charge in [-0.3, -0.25) is 4.79 Å². The number of benzene rings is 1. The van der Waals surface area contributed by atoms with Crippen molar-refractivity contribution in [1.82, 2.24) is 10.3 Å². The molecular weight excluding hydrogens is 226 g/mol. The second-order valence-electron chi connectivity index (χ2n) is 4.82. The van der Waals surface area contributed by atoms with Gasteiger partial charge in [-0.25, -0.2) is 0 Å². The third-order valence-corrected chi connectivity index (χ3v) is 2.76. The number of amides is 1. The minimum Gasteiger partial charge on any atom is -0.361 e. The van der Waals surface area contributed by atoms with Gasteiger partial charge in [-0.1, -0.05) is 18.2 Å². The number of aromatic nitrogens is 1. The summed E-state index contributed by atoms with van der Waals surface area (Å²) >= 11 is 0. The first-order chi connectivity index (χ1) is 8.52. The molecule has 0 spiro atoms. The summed E-state index contributed by atoms with van der Waals surface area (Å²) in [6.45, 7) is 3.36. The lowest BCUT2D eigenvalue weighted by Gasteiger charge is -2.17. The fourth-order valence-corrected chi connectivity index (χ4v) is 1.87. The molecule has 1 heterocycles.